The maximum atomic E-state index is 11.0. The molecule has 4 atom stereocenters. The SMILES string of the molecule is CC(=O)O[C@H]1S[C@H]2CCC[C@@H](Cl)[C@H]2C1(Cl)Cl. The van der Waals surface area contributed by atoms with Crippen LogP contribution in [0.3, 0.4) is 0 Å². The molecule has 2 fully saturated rings. The minimum absolute atomic E-state index is 0.000556. The van der Waals surface area contributed by atoms with Gasteiger partial charge >= 0.3 is 5.97 Å². The minimum Gasteiger partial charge on any atom is -0.448 e. The van der Waals surface area contributed by atoms with Gasteiger partial charge in [-0.3, -0.25) is 4.79 Å². The van der Waals surface area contributed by atoms with Crippen molar-refractivity contribution in [2.45, 2.75) is 46.6 Å². The zero-order valence-corrected chi connectivity index (χ0v) is 11.9. The second-order valence-electron chi connectivity index (χ2n) is 4.26. The summed E-state index contributed by atoms with van der Waals surface area (Å²) >= 11 is 20.5. The Morgan fingerprint density at radius 3 is 2.69 bits per heavy atom. The highest BCUT2D eigenvalue weighted by Crippen LogP contribution is 2.58. The Morgan fingerprint density at radius 1 is 1.44 bits per heavy atom. The maximum absolute atomic E-state index is 11.0. The van der Waals surface area contributed by atoms with Crippen LogP contribution in [0.2, 0.25) is 0 Å². The van der Waals surface area contributed by atoms with Crippen molar-refractivity contribution in [3.05, 3.63) is 0 Å². The Hall–Kier alpha value is 0.690. The summed E-state index contributed by atoms with van der Waals surface area (Å²) in [5.74, 6) is -0.353. The summed E-state index contributed by atoms with van der Waals surface area (Å²) in [4.78, 5) is 11.0. The normalized spacial score (nSPS) is 41.5. The van der Waals surface area contributed by atoms with Gasteiger partial charge in [-0.05, 0) is 12.8 Å². The van der Waals surface area contributed by atoms with E-state index in [2.05, 4.69) is 0 Å². The number of ether oxygens (including phenoxy) is 1. The van der Waals surface area contributed by atoms with Gasteiger partial charge in [0.15, 0.2) is 9.77 Å². The highest BCUT2D eigenvalue weighted by Gasteiger charge is 2.59. The summed E-state index contributed by atoms with van der Waals surface area (Å²) in [5, 5.41) is 0.275. The number of carbonyl (C=O) groups is 1. The lowest BCUT2D eigenvalue weighted by Gasteiger charge is -2.34. The van der Waals surface area contributed by atoms with Gasteiger partial charge in [0.05, 0.1) is 0 Å². The van der Waals surface area contributed by atoms with E-state index in [0.29, 0.717) is 5.25 Å². The lowest BCUT2D eigenvalue weighted by molar-refractivity contribution is -0.142. The smallest absolute Gasteiger partial charge is 0.303 e. The van der Waals surface area contributed by atoms with Crippen LogP contribution >= 0.6 is 46.6 Å². The van der Waals surface area contributed by atoms with Crippen molar-refractivity contribution in [2.24, 2.45) is 5.92 Å². The van der Waals surface area contributed by atoms with E-state index >= 15 is 0 Å². The molecule has 0 aromatic carbocycles. The molecule has 1 heterocycles. The topological polar surface area (TPSA) is 26.3 Å². The van der Waals surface area contributed by atoms with Gasteiger partial charge in [0.1, 0.15) is 0 Å². The Morgan fingerprint density at radius 2 is 2.12 bits per heavy atom. The van der Waals surface area contributed by atoms with Gasteiger partial charge in [-0.15, -0.1) is 23.4 Å². The van der Waals surface area contributed by atoms with E-state index in [0.717, 1.165) is 19.3 Å². The molecule has 2 rings (SSSR count). The Bertz CT molecular complexity index is 298. The molecule has 16 heavy (non-hydrogen) atoms. The first-order chi connectivity index (χ1) is 7.43. The van der Waals surface area contributed by atoms with Crippen molar-refractivity contribution < 1.29 is 9.53 Å². The zero-order chi connectivity index (χ0) is 11.9. The molecule has 1 saturated heterocycles. The van der Waals surface area contributed by atoms with Crippen LogP contribution in [0.5, 0.6) is 0 Å². The number of fused-ring (bicyclic) bond motifs is 1. The third kappa shape index (κ3) is 2.29. The van der Waals surface area contributed by atoms with Crippen LogP contribution in [0.1, 0.15) is 26.2 Å². The second kappa shape index (κ2) is 4.75. The molecule has 0 aromatic rings. The van der Waals surface area contributed by atoms with Gasteiger partial charge < -0.3 is 4.74 Å². The first-order valence-electron chi connectivity index (χ1n) is 5.27. The fraction of sp³-hybridized carbons (Fsp3) is 0.900. The fourth-order valence-corrected chi connectivity index (χ4v) is 6.03. The first-order valence-corrected chi connectivity index (χ1v) is 7.41. The van der Waals surface area contributed by atoms with Crippen LogP contribution in [0.4, 0.5) is 0 Å². The number of carbonyl (C=O) groups excluding carboxylic acids is 1. The molecule has 6 heteroatoms. The summed E-state index contributed by atoms with van der Waals surface area (Å²) in [6, 6.07) is 0. The van der Waals surface area contributed by atoms with E-state index < -0.39 is 9.77 Å². The molecule has 1 saturated carbocycles. The number of thioether (sulfide) groups is 1. The summed E-state index contributed by atoms with van der Waals surface area (Å²) in [5.41, 5.74) is -0.498. The number of alkyl halides is 3. The van der Waals surface area contributed by atoms with Crippen LogP contribution in [0.25, 0.3) is 0 Å². The standard InChI is InChI=1S/C10H13Cl3O2S/c1-5(14)15-9-10(12,13)8-6(11)3-2-4-7(8)16-9/h6-9H,2-4H2,1H3/t6-,7+,8-,9+/m1/s1. The van der Waals surface area contributed by atoms with E-state index in [1.54, 1.807) is 11.8 Å². The monoisotopic (exact) mass is 302 g/mol. The van der Waals surface area contributed by atoms with Crippen molar-refractivity contribution in [1.82, 2.24) is 0 Å². The van der Waals surface area contributed by atoms with Crippen LogP contribution in [-0.2, 0) is 9.53 Å². The van der Waals surface area contributed by atoms with Crippen molar-refractivity contribution in [2.75, 3.05) is 0 Å². The Balaban J connectivity index is 2.17. The highest BCUT2D eigenvalue weighted by molar-refractivity contribution is 8.01. The lowest BCUT2D eigenvalue weighted by atomic mass is 9.86. The molecule has 2 aliphatic rings. The molecule has 2 nitrogen and oxygen atoms in total. The molecule has 92 valence electrons. The third-order valence-electron chi connectivity index (χ3n) is 3.09. The first kappa shape index (κ1) is 13.1. The fourth-order valence-electron chi connectivity index (χ4n) is 2.41. The van der Waals surface area contributed by atoms with Gasteiger partial charge in [-0.2, -0.15) is 0 Å². The van der Waals surface area contributed by atoms with Gasteiger partial charge in [0, 0.05) is 23.5 Å². The van der Waals surface area contributed by atoms with Crippen LogP contribution in [0.15, 0.2) is 0 Å². The molecule has 0 bridgehead atoms. The summed E-state index contributed by atoms with van der Waals surface area (Å²) in [6.45, 7) is 1.37. The summed E-state index contributed by atoms with van der Waals surface area (Å²) < 4.78 is 4.11. The van der Waals surface area contributed by atoms with Crippen molar-refractivity contribution in [1.29, 1.82) is 0 Å². The number of hydrogen-bond acceptors (Lipinski definition) is 3. The largest absolute Gasteiger partial charge is 0.448 e. The molecular weight excluding hydrogens is 291 g/mol. The predicted molar refractivity (Wildman–Crippen MR) is 68.4 cm³/mol. The molecule has 0 radical (unpaired) electrons. The minimum atomic E-state index is -1.06. The molecule has 0 unspecified atom stereocenters. The zero-order valence-electron chi connectivity index (χ0n) is 8.79. The molecule has 0 spiro atoms. The average Bonchev–Trinajstić information content (AvgIpc) is 2.38. The molecule has 0 aromatic heterocycles. The van der Waals surface area contributed by atoms with Crippen molar-refractivity contribution >= 4 is 52.5 Å². The third-order valence-corrected chi connectivity index (χ3v) is 6.33. The maximum Gasteiger partial charge on any atom is 0.303 e. The van der Waals surface area contributed by atoms with Crippen molar-refractivity contribution in [3.63, 3.8) is 0 Å². The number of esters is 1. The molecule has 0 N–H and O–H groups in total. The number of hydrogen-bond donors (Lipinski definition) is 0. The van der Waals surface area contributed by atoms with E-state index in [1.807, 2.05) is 0 Å². The van der Waals surface area contributed by atoms with Gasteiger partial charge in [0.25, 0.3) is 0 Å². The van der Waals surface area contributed by atoms with Gasteiger partial charge in [-0.1, -0.05) is 29.6 Å². The highest BCUT2D eigenvalue weighted by atomic mass is 35.5. The Kier molecular flexibility index (Phi) is 3.90. The quantitative estimate of drug-likeness (QED) is 0.547. The van der Waals surface area contributed by atoms with E-state index in [1.165, 1.54) is 6.92 Å². The van der Waals surface area contributed by atoms with Gasteiger partial charge in [-0.25, -0.2) is 0 Å². The second-order valence-corrected chi connectivity index (χ2v) is 7.57. The van der Waals surface area contributed by atoms with Gasteiger partial charge in [0.2, 0.25) is 0 Å². The summed E-state index contributed by atoms with van der Waals surface area (Å²) in [6.07, 6.45) is 3.05. The Labute approximate surface area is 114 Å². The predicted octanol–water partition coefficient (Wildman–Crippen LogP) is 3.57. The van der Waals surface area contributed by atoms with Crippen LogP contribution in [-0.4, -0.2) is 26.4 Å². The number of rotatable bonds is 1. The van der Waals surface area contributed by atoms with Crippen molar-refractivity contribution in [3.8, 4) is 0 Å². The molecular formula is C10H13Cl3O2S. The van der Waals surface area contributed by atoms with Crippen LogP contribution < -0.4 is 0 Å². The summed E-state index contributed by atoms with van der Waals surface area (Å²) in [7, 11) is 0. The number of halogens is 3. The van der Waals surface area contributed by atoms with Crippen LogP contribution in [0, 0.1) is 5.92 Å². The molecule has 0 amide bonds. The van der Waals surface area contributed by atoms with E-state index in [4.69, 9.17) is 39.5 Å². The van der Waals surface area contributed by atoms with E-state index in [-0.39, 0.29) is 17.3 Å². The average molecular weight is 304 g/mol. The van der Waals surface area contributed by atoms with E-state index in [9.17, 15) is 4.79 Å². The molecule has 1 aliphatic heterocycles. The molecule has 1 aliphatic carbocycles. The lowest BCUT2D eigenvalue weighted by Crippen LogP contribution is -2.41.